The lowest BCUT2D eigenvalue weighted by atomic mass is 10.1. The second-order valence-electron chi connectivity index (χ2n) is 3.85. The molecule has 0 bridgehead atoms. The molecule has 17 heavy (non-hydrogen) atoms. The topological polar surface area (TPSA) is 25.2 Å². The summed E-state index contributed by atoms with van der Waals surface area (Å²) in [7, 11) is 2.01. The van der Waals surface area contributed by atoms with Gasteiger partial charge in [0.15, 0.2) is 0 Å². The van der Waals surface area contributed by atoms with E-state index < -0.39 is 0 Å². The molecule has 0 fully saturated rings. The lowest BCUT2D eigenvalue weighted by Crippen LogP contribution is -2.18. The Bertz CT molecular complexity index is 413. The summed E-state index contributed by atoms with van der Waals surface area (Å²) >= 11 is 1.88. The molecule has 0 aliphatic heterocycles. The fourth-order valence-corrected chi connectivity index (χ4v) is 2.78. The van der Waals surface area contributed by atoms with Crippen LogP contribution in [0.2, 0.25) is 0 Å². The van der Waals surface area contributed by atoms with E-state index >= 15 is 0 Å². The van der Waals surface area contributed by atoms with Crippen molar-refractivity contribution in [1.29, 1.82) is 0 Å². The Balaban J connectivity index is 1.84. The standard InChI is InChI=1S/C14H17NOS/c1-15-14(12-6-3-2-4-7-12)11-17-10-13-8-5-9-16-13/h2-9,14-15H,10-11H2,1H3. The highest BCUT2D eigenvalue weighted by Gasteiger charge is 2.08. The summed E-state index contributed by atoms with van der Waals surface area (Å²) in [4.78, 5) is 0. The molecule has 1 N–H and O–H groups in total. The van der Waals surface area contributed by atoms with Gasteiger partial charge in [-0.1, -0.05) is 30.3 Å². The maximum atomic E-state index is 5.31. The highest BCUT2D eigenvalue weighted by molar-refractivity contribution is 7.98. The predicted molar refractivity (Wildman–Crippen MR) is 73.1 cm³/mol. The lowest BCUT2D eigenvalue weighted by molar-refractivity contribution is 0.530. The Hall–Kier alpha value is -1.19. The number of rotatable bonds is 6. The zero-order valence-electron chi connectivity index (χ0n) is 9.93. The van der Waals surface area contributed by atoms with Gasteiger partial charge in [-0.05, 0) is 24.7 Å². The molecule has 2 aromatic rings. The molecule has 0 radical (unpaired) electrons. The second kappa shape index (κ2) is 6.52. The Morgan fingerprint density at radius 2 is 2.00 bits per heavy atom. The van der Waals surface area contributed by atoms with Crippen LogP contribution in [-0.4, -0.2) is 12.8 Å². The van der Waals surface area contributed by atoms with E-state index in [-0.39, 0.29) is 0 Å². The molecule has 0 aliphatic carbocycles. The van der Waals surface area contributed by atoms with Crippen molar-refractivity contribution >= 4 is 11.8 Å². The van der Waals surface area contributed by atoms with Crippen LogP contribution in [0.5, 0.6) is 0 Å². The molecule has 1 heterocycles. The molecule has 2 rings (SSSR count). The third-order valence-electron chi connectivity index (χ3n) is 2.66. The molecule has 1 unspecified atom stereocenters. The van der Waals surface area contributed by atoms with Gasteiger partial charge in [0.25, 0.3) is 0 Å². The minimum Gasteiger partial charge on any atom is -0.468 e. The molecule has 90 valence electrons. The first-order valence-electron chi connectivity index (χ1n) is 5.72. The first-order valence-corrected chi connectivity index (χ1v) is 6.88. The van der Waals surface area contributed by atoms with E-state index in [1.165, 1.54) is 5.56 Å². The van der Waals surface area contributed by atoms with Gasteiger partial charge in [0.2, 0.25) is 0 Å². The van der Waals surface area contributed by atoms with Gasteiger partial charge in [-0.3, -0.25) is 0 Å². The Morgan fingerprint density at radius 3 is 2.65 bits per heavy atom. The molecule has 1 aromatic heterocycles. The first-order chi connectivity index (χ1) is 8.40. The Labute approximate surface area is 106 Å². The van der Waals surface area contributed by atoms with E-state index in [4.69, 9.17) is 4.42 Å². The van der Waals surface area contributed by atoms with Crippen molar-refractivity contribution in [2.45, 2.75) is 11.8 Å². The first kappa shape index (κ1) is 12.3. The molecule has 2 nitrogen and oxygen atoms in total. The van der Waals surface area contributed by atoms with Crippen molar-refractivity contribution in [3.8, 4) is 0 Å². The molecule has 0 saturated heterocycles. The largest absolute Gasteiger partial charge is 0.468 e. The summed E-state index contributed by atoms with van der Waals surface area (Å²) in [6.07, 6.45) is 1.72. The fraction of sp³-hybridized carbons (Fsp3) is 0.286. The fourth-order valence-electron chi connectivity index (χ4n) is 1.70. The molecule has 0 spiro atoms. The summed E-state index contributed by atoms with van der Waals surface area (Å²) < 4.78 is 5.31. The van der Waals surface area contributed by atoms with Crippen LogP contribution < -0.4 is 5.32 Å². The van der Waals surface area contributed by atoms with Crippen molar-refractivity contribution in [1.82, 2.24) is 5.32 Å². The molecule has 0 aliphatic rings. The third-order valence-corrected chi connectivity index (χ3v) is 3.72. The summed E-state index contributed by atoms with van der Waals surface area (Å²) in [5.41, 5.74) is 1.34. The average Bonchev–Trinajstić information content (AvgIpc) is 2.89. The summed E-state index contributed by atoms with van der Waals surface area (Å²) in [5.74, 6) is 3.01. The molecular formula is C14H17NOS. The van der Waals surface area contributed by atoms with E-state index in [0.29, 0.717) is 6.04 Å². The number of benzene rings is 1. The monoisotopic (exact) mass is 247 g/mol. The number of nitrogens with one attached hydrogen (secondary N) is 1. The van der Waals surface area contributed by atoms with Crippen LogP contribution in [0.1, 0.15) is 17.4 Å². The van der Waals surface area contributed by atoms with Crippen molar-refractivity contribution in [2.75, 3.05) is 12.8 Å². The van der Waals surface area contributed by atoms with Gasteiger partial charge in [-0.15, -0.1) is 0 Å². The second-order valence-corrected chi connectivity index (χ2v) is 4.88. The van der Waals surface area contributed by atoms with Gasteiger partial charge in [0.05, 0.1) is 12.0 Å². The highest BCUT2D eigenvalue weighted by atomic mass is 32.2. The van der Waals surface area contributed by atoms with Gasteiger partial charge in [0, 0.05) is 11.8 Å². The zero-order chi connectivity index (χ0) is 11.9. The van der Waals surface area contributed by atoms with Crippen LogP contribution in [0, 0.1) is 0 Å². The molecule has 0 amide bonds. The lowest BCUT2D eigenvalue weighted by Gasteiger charge is -2.15. The number of furan rings is 1. The maximum absolute atomic E-state index is 5.31. The summed E-state index contributed by atoms with van der Waals surface area (Å²) in [6.45, 7) is 0. The smallest absolute Gasteiger partial charge is 0.113 e. The minimum atomic E-state index is 0.399. The SMILES string of the molecule is CNC(CSCc1ccco1)c1ccccc1. The quantitative estimate of drug-likeness (QED) is 0.846. The van der Waals surface area contributed by atoms with Crippen molar-refractivity contribution < 1.29 is 4.42 Å². The number of hydrogen-bond acceptors (Lipinski definition) is 3. The van der Waals surface area contributed by atoms with Crippen molar-refractivity contribution in [3.05, 3.63) is 60.1 Å². The van der Waals surface area contributed by atoms with Crippen molar-refractivity contribution in [3.63, 3.8) is 0 Å². The van der Waals surface area contributed by atoms with Crippen molar-refractivity contribution in [2.24, 2.45) is 0 Å². The van der Waals surface area contributed by atoms with E-state index in [2.05, 4.69) is 29.6 Å². The normalized spacial score (nSPS) is 12.5. The van der Waals surface area contributed by atoms with Gasteiger partial charge in [-0.25, -0.2) is 0 Å². The number of thioether (sulfide) groups is 1. The Kier molecular flexibility index (Phi) is 4.71. The average molecular weight is 247 g/mol. The van der Waals surface area contributed by atoms with Crippen LogP contribution in [-0.2, 0) is 5.75 Å². The van der Waals surface area contributed by atoms with Crippen LogP contribution >= 0.6 is 11.8 Å². The van der Waals surface area contributed by atoms with Gasteiger partial charge >= 0.3 is 0 Å². The minimum absolute atomic E-state index is 0.399. The van der Waals surface area contributed by atoms with Crippen LogP contribution in [0.15, 0.2) is 53.1 Å². The van der Waals surface area contributed by atoms with E-state index in [1.54, 1.807) is 6.26 Å². The molecule has 1 aromatic carbocycles. The van der Waals surface area contributed by atoms with E-state index in [1.807, 2.05) is 37.0 Å². The Morgan fingerprint density at radius 1 is 1.18 bits per heavy atom. The van der Waals surface area contributed by atoms with Gasteiger partial charge in [0.1, 0.15) is 5.76 Å². The van der Waals surface area contributed by atoms with E-state index in [0.717, 1.165) is 17.3 Å². The zero-order valence-corrected chi connectivity index (χ0v) is 10.7. The molecule has 1 atom stereocenters. The molecular weight excluding hydrogens is 230 g/mol. The predicted octanol–water partition coefficient (Wildman–Crippen LogP) is 3.47. The maximum Gasteiger partial charge on any atom is 0.113 e. The van der Waals surface area contributed by atoms with E-state index in [9.17, 15) is 0 Å². The molecule has 3 heteroatoms. The van der Waals surface area contributed by atoms with Gasteiger partial charge in [-0.2, -0.15) is 11.8 Å². The van der Waals surface area contributed by atoms with Gasteiger partial charge < -0.3 is 9.73 Å². The van der Waals surface area contributed by atoms with Crippen LogP contribution in [0.4, 0.5) is 0 Å². The summed E-state index contributed by atoms with van der Waals surface area (Å²) in [5, 5.41) is 3.35. The third kappa shape index (κ3) is 3.65. The van der Waals surface area contributed by atoms with Crippen LogP contribution in [0.3, 0.4) is 0 Å². The summed E-state index contributed by atoms with van der Waals surface area (Å²) in [6, 6.07) is 14.9. The highest BCUT2D eigenvalue weighted by Crippen LogP contribution is 2.20. The number of hydrogen-bond donors (Lipinski definition) is 1. The van der Waals surface area contributed by atoms with Crippen LogP contribution in [0.25, 0.3) is 0 Å². The molecule has 0 saturated carbocycles.